The Balaban J connectivity index is 1.78. The predicted octanol–water partition coefficient (Wildman–Crippen LogP) is 2.00. The van der Waals surface area contributed by atoms with Crippen molar-refractivity contribution in [3.63, 3.8) is 0 Å². The Morgan fingerprint density at radius 2 is 2.16 bits per heavy atom. The SMILES string of the molecule is CN(C)c1cccc(OCCCn2ccc(N)n2)c1. The average molecular weight is 260 g/mol. The summed E-state index contributed by atoms with van der Waals surface area (Å²) in [6, 6.07) is 9.85. The van der Waals surface area contributed by atoms with Gasteiger partial charge in [0.05, 0.1) is 6.61 Å². The smallest absolute Gasteiger partial charge is 0.145 e. The molecule has 0 atom stereocenters. The summed E-state index contributed by atoms with van der Waals surface area (Å²) in [7, 11) is 4.03. The van der Waals surface area contributed by atoms with Crippen LogP contribution in [0.25, 0.3) is 0 Å². The molecule has 5 nitrogen and oxygen atoms in total. The summed E-state index contributed by atoms with van der Waals surface area (Å²) in [5.74, 6) is 1.45. The van der Waals surface area contributed by atoms with Gasteiger partial charge in [0.1, 0.15) is 11.6 Å². The number of anilines is 2. The fourth-order valence-electron chi connectivity index (χ4n) is 1.77. The minimum Gasteiger partial charge on any atom is -0.493 e. The highest BCUT2D eigenvalue weighted by atomic mass is 16.5. The number of ether oxygens (including phenoxy) is 1. The van der Waals surface area contributed by atoms with Gasteiger partial charge in [-0.15, -0.1) is 0 Å². The van der Waals surface area contributed by atoms with Crippen LogP contribution in [0.2, 0.25) is 0 Å². The largest absolute Gasteiger partial charge is 0.493 e. The summed E-state index contributed by atoms with van der Waals surface area (Å²) in [5, 5.41) is 4.12. The molecule has 0 aliphatic carbocycles. The third-order valence-corrected chi connectivity index (χ3v) is 2.80. The number of hydrogen-bond donors (Lipinski definition) is 1. The van der Waals surface area contributed by atoms with Crippen molar-refractivity contribution in [1.29, 1.82) is 0 Å². The number of aromatic nitrogens is 2. The van der Waals surface area contributed by atoms with E-state index in [4.69, 9.17) is 10.5 Å². The fraction of sp³-hybridized carbons (Fsp3) is 0.357. The summed E-state index contributed by atoms with van der Waals surface area (Å²) >= 11 is 0. The maximum Gasteiger partial charge on any atom is 0.145 e. The second-order valence-corrected chi connectivity index (χ2v) is 4.60. The van der Waals surface area contributed by atoms with Crippen LogP contribution in [0, 0.1) is 0 Å². The Morgan fingerprint density at radius 1 is 1.32 bits per heavy atom. The molecule has 0 bridgehead atoms. The lowest BCUT2D eigenvalue weighted by Crippen LogP contribution is -2.09. The van der Waals surface area contributed by atoms with E-state index in [2.05, 4.69) is 16.1 Å². The molecule has 0 aliphatic heterocycles. The molecule has 102 valence electrons. The van der Waals surface area contributed by atoms with Crippen molar-refractivity contribution >= 4 is 11.5 Å². The monoisotopic (exact) mass is 260 g/mol. The van der Waals surface area contributed by atoms with E-state index in [9.17, 15) is 0 Å². The van der Waals surface area contributed by atoms with Gasteiger partial charge in [-0.1, -0.05) is 6.07 Å². The third kappa shape index (κ3) is 3.91. The summed E-state index contributed by atoms with van der Waals surface area (Å²) in [4.78, 5) is 2.05. The Hall–Kier alpha value is -2.17. The number of benzene rings is 1. The standard InChI is InChI=1S/C14H20N4O/c1-17(2)12-5-3-6-13(11-12)19-10-4-8-18-9-7-14(15)16-18/h3,5-7,9,11H,4,8,10H2,1-2H3,(H2,15,16). The van der Waals surface area contributed by atoms with E-state index in [0.29, 0.717) is 12.4 Å². The molecule has 0 unspecified atom stereocenters. The van der Waals surface area contributed by atoms with Crippen LogP contribution in [0.1, 0.15) is 6.42 Å². The molecule has 5 heteroatoms. The zero-order valence-corrected chi connectivity index (χ0v) is 11.4. The quantitative estimate of drug-likeness (QED) is 0.807. The van der Waals surface area contributed by atoms with Crippen molar-refractivity contribution in [3.8, 4) is 5.75 Å². The molecule has 0 radical (unpaired) electrons. The van der Waals surface area contributed by atoms with Crippen LogP contribution in [0.4, 0.5) is 11.5 Å². The van der Waals surface area contributed by atoms with Crippen molar-refractivity contribution in [3.05, 3.63) is 36.5 Å². The van der Waals surface area contributed by atoms with Gasteiger partial charge in [0, 0.05) is 45.0 Å². The van der Waals surface area contributed by atoms with Gasteiger partial charge in [0.25, 0.3) is 0 Å². The molecule has 2 rings (SSSR count). The van der Waals surface area contributed by atoms with Crippen LogP contribution in [0.5, 0.6) is 5.75 Å². The molecular weight excluding hydrogens is 240 g/mol. The maximum absolute atomic E-state index is 5.73. The highest BCUT2D eigenvalue weighted by Gasteiger charge is 1.99. The van der Waals surface area contributed by atoms with Gasteiger partial charge >= 0.3 is 0 Å². The minimum absolute atomic E-state index is 0.555. The van der Waals surface area contributed by atoms with E-state index >= 15 is 0 Å². The number of aryl methyl sites for hydroxylation is 1. The first-order chi connectivity index (χ1) is 9.15. The fourth-order valence-corrected chi connectivity index (χ4v) is 1.77. The van der Waals surface area contributed by atoms with Crippen LogP contribution in [-0.4, -0.2) is 30.5 Å². The molecule has 0 aliphatic rings. The first-order valence-corrected chi connectivity index (χ1v) is 6.34. The number of nitrogen functional groups attached to an aromatic ring is 1. The van der Waals surface area contributed by atoms with Crippen LogP contribution >= 0.6 is 0 Å². The molecule has 0 amide bonds. The number of hydrogen-bond acceptors (Lipinski definition) is 4. The minimum atomic E-state index is 0.555. The molecule has 0 saturated heterocycles. The Kier molecular flexibility index (Phi) is 4.28. The first kappa shape index (κ1) is 13.3. The van der Waals surface area contributed by atoms with Gasteiger partial charge in [-0.3, -0.25) is 4.68 Å². The van der Waals surface area contributed by atoms with Crippen molar-refractivity contribution < 1.29 is 4.74 Å². The summed E-state index contributed by atoms with van der Waals surface area (Å²) < 4.78 is 7.55. The number of nitrogens with two attached hydrogens (primary N) is 1. The molecule has 1 heterocycles. The first-order valence-electron chi connectivity index (χ1n) is 6.34. The second-order valence-electron chi connectivity index (χ2n) is 4.60. The van der Waals surface area contributed by atoms with Crippen molar-refractivity contribution in [2.75, 3.05) is 31.3 Å². The third-order valence-electron chi connectivity index (χ3n) is 2.80. The molecule has 0 spiro atoms. The van der Waals surface area contributed by atoms with Crippen molar-refractivity contribution in [1.82, 2.24) is 9.78 Å². The molecule has 0 saturated carbocycles. The van der Waals surface area contributed by atoms with Gasteiger partial charge in [-0.2, -0.15) is 5.10 Å². The predicted molar refractivity (Wildman–Crippen MR) is 77.5 cm³/mol. The molecule has 19 heavy (non-hydrogen) atoms. The summed E-state index contributed by atoms with van der Waals surface area (Å²) in [6.45, 7) is 1.47. The van der Waals surface area contributed by atoms with Crippen molar-refractivity contribution in [2.45, 2.75) is 13.0 Å². The zero-order chi connectivity index (χ0) is 13.7. The van der Waals surface area contributed by atoms with Crippen molar-refractivity contribution in [2.24, 2.45) is 0 Å². The lowest BCUT2D eigenvalue weighted by atomic mass is 10.3. The van der Waals surface area contributed by atoms with Gasteiger partial charge in [-0.05, 0) is 18.2 Å². The number of rotatable bonds is 6. The summed E-state index contributed by atoms with van der Waals surface area (Å²) in [6.07, 6.45) is 2.77. The Morgan fingerprint density at radius 3 is 2.84 bits per heavy atom. The van der Waals surface area contributed by atoms with E-state index in [-0.39, 0.29) is 0 Å². The molecule has 2 N–H and O–H groups in total. The molecule has 1 aromatic heterocycles. The highest BCUT2D eigenvalue weighted by Crippen LogP contribution is 2.19. The van der Waals surface area contributed by atoms with Crippen LogP contribution in [0.15, 0.2) is 36.5 Å². The Labute approximate surface area is 113 Å². The zero-order valence-electron chi connectivity index (χ0n) is 11.4. The van der Waals surface area contributed by atoms with E-state index in [1.54, 1.807) is 6.07 Å². The van der Waals surface area contributed by atoms with Gasteiger partial charge in [-0.25, -0.2) is 0 Å². The molecular formula is C14H20N4O. The number of nitrogens with zero attached hydrogens (tertiary/aromatic N) is 3. The van der Waals surface area contributed by atoms with E-state index in [1.165, 1.54) is 0 Å². The lowest BCUT2D eigenvalue weighted by molar-refractivity contribution is 0.299. The normalized spacial score (nSPS) is 10.4. The van der Waals surface area contributed by atoms with E-state index in [1.807, 2.05) is 43.2 Å². The lowest BCUT2D eigenvalue weighted by Gasteiger charge is -2.14. The Bertz CT molecular complexity index is 522. The van der Waals surface area contributed by atoms with Crippen LogP contribution in [0.3, 0.4) is 0 Å². The maximum atomic E-state index is 5.73. The van der Waals surface area contributed by atoms with Crippen LogP contribution < -0.4 is 15.4 Å². The van der Waals surface area contributed by atoms with Gasteiger partial charge in [0.2, 0.25) is 0 Å². The van der Waals surface area contributed by atoms with E-state index in [0.717, 1.165) is 24.4 Å². The molecule has 0 fully saturated rings. The highest BCUT2D eigenvalue weighted by molar-refractivity contribution is 5.49. The molecule has 1 aromatic carbocycles. The van der Waals surface area contributed by atoms with Gasteiger partial charge < -0.3 is 15.4 Å². The summed E-state index contributed by atoms with van der Waals surface area (Å²) in [5.41, 5.74) is 6.69. The second kappa shape index (κ2) is 6.13. The van der Waals surface area contributed by atoms with Crippen LogP contribution in [-0.2, 0) is 6.54 Å². The molecule has 2 aromatic rings. The van der Waals surface area contributed by atoms with E-state index < -0.39 is 0 Å². The van der Waals surface area contributed by atoms with Gasteiger partial charge in [0.15, 0.2) is 0 Å². The average Bonchev–Trinajstić information content (AvgIpc) is 2.81. The topological polar surface area (TPSA) is 56.3 Å².